The Labute approximate surface area is 200 Å². The molecule has 0 amide bonds. The van der Waals surface area contributed by atoms with Gasteiger partial charge in [-0.25, -0.2) is 13.6 Å². The van der Waals surface area contributed by atoms with E-state index < -0.39 is 35.5 Å². The maximum Gasteiger partial charge on any atom is 0.344 e. The lowest BCUT2D eigenvalue weighted by Gasteiger charge is -2.16. The molecular formula is C25H25F2N3O5. The first kappa shape index (κ1) is 25.6. The van der Waals surface area contributed by atoms with E-state index >= 15 is 0 Å². The molecular weight excluding hydrogens is 460 g/mol. The summed E-state index contributed by atoms with van der Waals surface area (Å²) in [5, 5.41) is 9.17. The van der Waals surface area contributed by atoms with Crippen molar-refractivity contribution in [1.82, 2.24) is 10.5 Å². The molecule has 0 saturated carbocycles. The van der Waals surface area contributed by atoms with E-state index in [2.05, 4.69) is 17.0 Å². The van der Waals surface area contributed by atoms with Crippen molar-refractivity contribution in [1.29, 1.82) is 0 Å². The van der Waals surface area contributed by atoms with Crippen molar-refractivity contribution in [3.8, 4) is 28.6 Å². The quantitative estimate of drug-likeness (QED) is 0.337. The van der Waals surface area contributed by atoms with E-state index in [1.807, 2.05) is 30.3 Å². The van der Waals surface area contributed by atoms with E-state index in [1.165, 1.54) is 7.11 Å². The number of pyridine rings is 1. The number of carbonyl (C=O) groups is 1. The lowest BCUT2D eigenvalue weighted by molar-refractivity contribution is -0.145. The number of rotatable bonds is 11. The zero-order valence-electron chi connectivity index (χ0n) is 19.2. The van der Waals surface area contributed by atoms with Gasteiger partial charge in [0.2, 0.25) is 0 Å². The average Bonchev–Trinajstić information content (AvgIpc) is 2.84. The summed E-state index contributed by atoms with van der Waals surface area (Å²) in [4.78, 5) is 19.9. The summed E-state index contributed by atoms with van der Waals surface area (Å²) >= 11 is 0. The first-order valence-corrected chi connectivity index (χ1v) is 10.6. The summed E-state index contributed by atoms with van der Waals surface area (Å²) in [5.74, 6) is -4.67. The van der Waals surface area contributed by atoms with Crippen LogP contribution in [0.15, 0.2) is 55.1 Å². The van der Waals surface area contributed by atoms with Gasteiger partial charge in [0, 0.05) is 18.2 Å². The topological polar surface area (TPSA) is 116 Å². The number of hydroxylamine groups is 1. The van der Waals surface area contributed by atoms with Gasteiger partial charge >= 0.3 is 5.97 Å². The number of aromatic nitrogens is 1. The van der Waals surface area contributed by atoms with E-state index in [1.54, 1.807) is 19.1 Å². The van der Waals surface area contributed by atoms with Crippen LogP contribution < -0.4 is 20.7 Å². The zero-order chi connectivity index (χ0) is 25.5. The largest absolute Gasteiger partial charge is 0.479 e. The number of ether oxygens (including phenoxy) is 2. The Balaban J connectivity index is 2.04. The lowest BCUT2D eigenvalue weighted by Crippen LogP contribution is -2.26. The van der Waals surface area contributed by atoms with E-state index in [4.69, 9.17) is 20.0 Å². The first-order valence-electron chi connectivity index (χ1n) is 10.6. The van der Waals surface area contributed by atoms with Crippen LogP contribution >= 0.6 is 0 Å². The summed E-state index contributed by atoms with van der Waals surface area (Å²) in [7, 11) is 1.43. The summed E-state index contributed by atoms with van der Waals surface area (Å²) in [6, 6.07) is 13.0. The normalized spacial score (nSPS) is 11.6. The number of nitrogens with two attached hydrogens (primary N) is 1. The minimum Gasteiger partial charge on any atom is -0.479 e. The molecule has 10 heteroatoms. The summed E-state index contributed by atoms with van der Waals surface area (Å²) in [6.07, 6.45) is -1.31. The molecule has 1 aromatic heterocycles. The molecule has 35 heavy (non-hydrogen) atoms. The van der Waals surface area contributed by atoms with Crippen molar-refractivity contribution in [3.05, 3.63) is 77.9 Å². The third-order valence-corrected chi connectivity index (χ3v) is 4.96. The predicted octanol–water partition coefficient (Wildman–Crippen LogP) is 4.64. The number of carboxylic acid groups (broad SMARTS) is 1. The Morgan fingerprint density at radius 2 is 1.89 bits per heavy atom. The SMILES string of the molecule is C=C(NOC)c1cc(Oc2nc(O[C@H](CC)C(=O)O)c(F)cc2F)cc(-c2cccc(CN)c2)c1. The molecule has 0 unspecified atom stereocenters. The third-order valence-electron chi connectivity index (χ3n) is 4.96. The molecule has 4 N–H and O–H groups in total. The fraction of sp³-hybridized carbons (Fsp3) is 0.200. The monoisotopic (exact) mass is 485 g/mol. The van der Waals surface area contributed by atoms with Gasteiger partial charge in [-0.15, -0.1) is 0 Å². The fourth-order valence-corrected chi connectivity index (χ4v) is 3.20. The van der Waals surface area contributed by atoms with Crippen molar-refractivity contribution < 1.29 is 33.0 Å². The average molecular weight is 485 g/mol. The molecule has 0 aliphatic carbocycles. The van der Waals surface area contributed by atoms with Crippen LogP contribution in [0.5, 0.6) is 17.5 Å². The molecule has 0 bridgehead atoms. The summed E-state index contributed by atoms with van der Waals surface area (Å²) < 4.78 is 39.5. The molecule has 0 radical (unpaired) electrons. The van der Waals surface area contributed by atoms with E-state index in [0.29, 0.717) is 29.4 Å². The van der Waals surface area contributed by atoms with E-state index in [9.17, 15) is 18.7 Å². The van der Waals surface area contributed by atoms with Crippen LogP contribution in [0.4, 0.5) is 8.78 Å². The molecule has 8 nitrogen and oxygen atoms in total. The van der Waals surface area contributed by atoms with Gasteiger partial charge in [0.25, 0.3) is 11.8 Å². The highest BCUT2D eigenvalue weighted by atomic mass is 19.1. The number of benzene rings is 2. The van der Waals surface area contributed by atoms with Crippen molar-refractivity contribution in [3.63, 3.8) is 0 Å². The molecule has 0 aliphatic heterocycles. The highest BCUT2D eigenvalue weighted by Crippen LogP contribution is 2.33. The standard InChI is InChI=1S/C25H25F2N3O5/c1-4-22(25(31)32)35-24-21(27)12-20(26)23(29-24)34-19-10-17(14(2)30-33-3)9-18(11-19)16-7-5-6-15(8-16)13-28/h5-12,22,30H,2,4,13,28H2,1,3H3,(H,31,32)/t22-/m1/s1. The molecule has 0 aliphatic rings. The van der Waals surface area contributed by atoms with Crippen LogP contribution in [0, 0.1) is 11.6 Å². The van der Waals surface area contributed by atoms with Crippen LogP contribution in [-0.2, 0) is 16.2 Å². The highest BCUT2D eigenvalue weighted by molar-refractivity contribution is 5.73. The van der Waals surface area contributed by atoms with Gasteiger partial charge in [-0.05, 0) is 47.4 Å². The minimum absolute atomic E-state index is 0.0475. The molecule has 2 aromatic carbocycles. The zero-order valence-corrected chi connectivity index (χ0v) is 19.2. The van der Waals surface area contributed by atoms with Crippen molar-refractivity contribution in [2.24, 2.45) is 5.73 Å². The Kier molecular flexibility index (Phi) is 8.34. The van der Waals surface area contributed by atoms with Crippen molar-refractivity contribution >= 4 is 11.7 Å². The van der Waals surface area contributed by atoms with E-state index in [0.717, 1.165) is 11.1 Å². The fourth-order valence-electron chi connectivity index (χ4n) is 3.20. The van der Waals surface area contributed by atoms with Crippen LogP contribution in [0.2, 0.25) is 0 Å². The van der Waals surface area contributed by atoms with Gasteiger partial charge in [-0.2, -0.15) is 4.98 Å². The summed E-state index contributed by atoms with van der Waals surface area (Å²) in [5.41, 5.74) is 11.8. The molecule has 0 saturated heterocycles. The number of hydrogen-bond donors (Lipinski definition) is 3. The number of aliphatic carboxylic acids is 1. The Morgan fingerprint density at radius 3 is 2.54 bits per heavy atom. The lowest BCUT2D eigenvalue weighted by atomic mass is 9.99. The maximum absolute atomic E-state index is 14.5. The van der Waals surface area contributed by atoms with Gasteiger partial charge < -0.3 is 20.3 Å². The second-order valence-electron chi connectivity index (χ2n) is 7.45. The smallest absolute Gasteiger partial charge is 0.344 e. The Hall–Kier alpha value is -4.02. The third kappa shape index (κ3) is 6.31. The predicted molar refractivity (Wildman–Crippen MR) is 126 cm³/mol. The second kappa shape index (κ2) is 11.4. The first-order chi connectivity index (χ1) is 16.7. The second-order valence-corrected chi connectivity index (χ2v) is 7.45. The van der Waals surface area contributed by atoms with Crippen LogP contribution in [-0.4, -0.2) is 29.3 Å². The van der Waals surface area contributed by atoms with Gasteiger partial charge in [0.05, 0.1) is 12.8 Å². The molecule has 0 spiro atoms. The maximum atomic E-state index is 14.5. The molecule has 3 rings (SSSR count). The van der Waals surface area contributed by atoms with Crippen LogP contribution in [0.3, 0.4) is 0 Å². The van der Waals surface area contributed by atoms with Crippen molar-refractivity contribution in [2.45, 2.75) is 26.0 Å². The Morgan fingerprint density at radius 1 is 1.14 bits per heavy atom. The number of hydrogen-bond acceptors (Lipinski definition) is 7. The van der Waals surface area contributed by atoms with Gasteiger partial charge in [-0.3, -0.25) is 10.3 Å². The highest BCUT2D eigenvalue weighted by Gasteiger charge is 2.22. The molecule has 3 aromatic rings. The number of nitrogens with one attached hydrogen (secondary N) is 1. The van der Waals surface area contributed by atoms with Gasteiger partial charge in [0.15, 0.2) is 17.7 Å². The number of halogens is 2. The molecule has 0 fully saturated rings. The minimum atomic E-state index is -1.36. The van der Waals surface area contributed by atoms with E-state index in [-0.39, 0.29) is 12.2 Å². The molecule has 184 valence electrons. The van der Waals surface area contributed by atoms with Crippen LogP contribution in [0.25, 0.3) is 16.8 Å². The molecule has 1 atom stereocenters. The van der Waals surface area contributed by atoms with Crippen molar-refractivity contribution in [2.75, 3.05) is 7.11 Å². The van der Waals surface area contributed by atoms with Gasteiger partial charge in [-0.1, -0.05) is 31.7 Å². The van der Waals surface area contributed by atoms with Gasteiger partial charge in [0.1, 0.15) is 5.75 Å². The van der Waals surface area contributed by atoms with Crippen LogP contribution in [0.1, 0.15) is 24.5 Å². The number of nitrogens with zero attached hydrogens (tertiary/aromatic N) is 1. The summed E-state index contributed by atoms with van der Waals surface area (Å²) in [6.45, 7) is 5.80. The number of carboxylic acids is 1. The Bertz CT molecular complexity index is 1240. The molecule has 1 heterocycles.